The fourth-order valence-corrected chi connectivity index (χ4v) is 4.05. The number of nitrogens with zero attached hydrogens (tertiary/aromatic N) is 1. The van der Waals surface area contributed by atoms with Crippen LogP contribution in [0, 0.1) is 6.92 Å². The Morgan fingerprint density at radius 3 is 2.65 bits per heavy atom. The van der Waals surface area contributed by atoms with Crippen LogP contribution in [0.3, 0.4) is 0 Å². The van der Waals surface area contributed by atoms with Crippen molar-refractivity contribution >= 4 is 38.4 Å². The van der Waals surface area contributed by atoms with Gasteiger partial charge in [-0.3, -0.25) is 9.71 Å². The Morgan fingerprint density at radius 2 is 1.87 bits per heavy atom. The number of hydrogen-bond acceptors (Lipinski definition) is 4. The minimum absolute atomic E-state index is 0.185. The fraction of sp³-hybridized carbons (Fsp3) is 0.118. The van der Waals surface area contributed by atoms with E-state index < -0.39 is 10.0 Å². The summed E-state index contributed by atoms with van der Waals surface area (Å²) in [7, 11) is -3.70. The van der Waals surface area contributed by atoms with Gasteiger partial charge < -0.3 is 0 Å². The lowest BCUT2D eigenvalue weighted by Crippen LogP contribution is -2.13. The molecule has 2 aromatic carbocycles. The van der Waals surface area contributed by atoms with Crippen molar-refractivity contribution in [1.82, 2.24) is 4.98 Å². The van der Waals surface area contributed by atoms with Crippen molar-refractivity contribution in [1.29, 1.82) is 0 Å². The molecule has 4 nitrogen and oxygen atoms in total. The minimum Gasteiger partial charge on any atom is -0.280 e. The molecule has 0 saturated heterocycles. The smallest absolute Gasteiger partial charge is 0.264 e. The average Bonchev–Trinajstić information content (AvgIpc) is 2.53. The van der Waals surface area contributed by atoms with E-state index in [0.717, 1.165) is 15.8 Å². The van der Waals surface area contributed by atoms with E-state index in [2.05, 4.69) is 9.71 Å². The molecule has 3 aromatic rings. The van der Waals surface area contributed by atoms with E-state index in [9.17, 15) is 8.42 Å². The predicted octanol–water partition coefficient (Wildman–Crippen LogP) is 4.07. The topological polar surface area (TPSA) is 59.1 Å². The van der Waals surface area contributed by atoms with E-state index >= 15 is 0 Å². The normalized spacial score (nSPS) is 11.6. The zero-order valence-electron chi connectivity index (χ0n) is 12.8. The zero-order valence-corrected chi connectivity index (χ0v) is 14.4. The number of aryl methyl sites for hydroxylation is 1. The number of fused-ring (bicyclic) bond motifs is 1. The maximum absolute atomic E-state index is 12.7. The first-order valence-corrected chi connectivity index (χ1v) is 9.73. The first kappa shape index (κ1) is 15.8. The summed E-state index contributed by atoms with van der Waals surface area (Å²) in [6, 6.07) is 14.4. The number of rotatable bonds is 4. The Hall–Kier alpha value is -2.05. The molecular formula is C17H16N2O2S2. The van der Waals surface area contributed by atoms with Gasteiger partial charge in [0, 0.05) is 22.2 Å². The molecule has 0 spiro atoms. The Labute approximate surface area is 140 Å². The lowest BCUT2D eigenvalue weighted by Gasteiger charge is -2.11. The molecule has 0 aliphatic rings. The number of aromatic nitrogens is 1. The second kappa shape index (κ2) is 6.22. The molecule has 6 heteroatoms. The van der Waals surface area contributed by atoms with E-state index in [1.54, 1.807) is 36.2 Å². The number of benzene rings is 2. The number of pyridine rings is 1. The maximum Gasteiger partial charge on any atom is 0.264 e. The third-order valence-corrected chi connectivity index (χ3v) is 5.56. The van der Waals surface area contributed by atoms with Gasteiger partial charge in [-0.25, -0.2) is 8.42 Å². The number of para-hydroxylation sites is 1. The van der Waals surface area contributed by atoms with E-state index in [0.29, 0.717) is 11.2 Å². The molecule has 0 aliphatic carbocycles. The summed E-state index contributed by atoms with van der Waals surface area (Å²) in [5.74, 6) is 0. The summed E-state index contributed by atoms with van der Waals surface area (Å²) in [6.45, 7) is 1.93. The first-order valence-electron chi connectivity index (χ1n) is 7.02. The summed E-state index contributed by atoms with van der Waals surface area (Å²) in [4.78, 5) is 5.48. The molecule has 0 saturated carbocycles. The Kier molecular flexibility index (Phi) is 4.28. The molecule has 23 heavy (non-hydrogen) atoms. The highest BCUT2D eigenvalue weighted by molar-refractivity contribution is 7.98. The quantitative estimate of drug-likeness (QED) is 0.725. The van der Waals surface area contributed by atoms with Crippen LogP contribution in [-0.4, -0.2) is 19.7 Å². The number of hydrogen-bond donors (Lipinski definition) is 1. The second-order valence-electron chi connectivity index (χ2n) is 5.18. The minimum atomic E-state index is -3.70. The number of nitrogens with one attached hydrogen (secondary N) is 1. The van der Waals surface area contributed by atoms with E-state index in [4.69, 9.17) is 0 Å². The monoisotopic (exact) mass is 344 g/mol. The van der Waals surface area contributed by atoms with Crippen LogP contribution in [-0.2, 0) is 10.0 Å². The molecule has 1 aromatic heterocycles. The SMILES string of the molecule is CSc1cccc(NS(=O)(=O)c2cccc3cc(C)cnc23)c1. The lowest BCUT2D eigenvalue weighted by atomic mass is 10.2. The highest BCUT2D eigenvalue weighted by Crippen LogP contribution is 2.25. The highest BCUT2D eigenvalue weighted by Gasteiger charge is 2.18. The molecule has 0 aliphatic heterocycles. The van der Waals surface area contributed by atoms with Crippen molar-refractivity contribution in [2.24, 2.45) is 0 Å². The van der Waals surface area contributed by atoms with Gasteiger partial charge in [0.1, 0.15) is 4.90 Å². The molecule has 0 bridgehead atoms. The standard InChI is InChI=1S/C17H16N2O2S2/c1-12-9-13-5-3-8-16(17(13)18-11-12)23(20,21)19-14-6-4-7-15(10-14)22-2/h3-11,19H,1-2H3. The maximum atomic E-state index is 12.7. The van der Waals surface area contributed by atoms with Crippen molar-refractivity contribution in [2.75, 3.05) is 11.0 Å². The Bertz CT molecular complexity index is 969. The van der Waals surface area contributed by atoms with Gasteiger partial charge in [-0.1, -0.05) is 18.2 Å². The molecular weight excluding hydrogens is 328 g/mol. The van der Waals surface area contributed by atoms with Gasteiger partial charge in [0.25, 0.3) is 10.0 Å². The predicted molar refractivity (Wildman–Crippen MR) is 95.5 cm³/mol. The molecule has 118 valence electrons. The highest BCUT2D eigenvalue weighted by atomic mass is 32.2. The Balaban J connectivity index is 2.06. The molecule has 0 amide bonds. The molecule has 1 heterocycles. The Morgan fingerprint density at radius 1 is 1.09 bits per heavy atom. The lowest BCUT2D eigenvalue weighted by molar-refractivity contribution is 0.602. The summed E-state index contributed by atoms with van der Waals surface area (Å²) < 4.78 is 28.1. The largest absolute Gasteiger partial charge is 0.280 e. The van der Waals surface area contributed by atoms with Gasteiger partial charge in [-0.15, -0.1) is 11.8 Å². The van der Waals surface area contributed by atoms with Crippen molar-refractivity contribution in [3.05, 3.63) is 60.3 Å². The van der Waals surface area contributed by atoms with Gasteiger partial charge in [0.15, 0.2) is 0 Å². The van der Waals surface area contributed by atoms with Crippen LogP contribution >= 0.6 is 11.8 Å². The molecule has 1 N–H and O–H groups in total. The third-order valence-electron chi connectivity index (χ3n) is 3.42. The van der Waals surface area contributed by atoms with Crippen LogP contribution in [0.4, 0.5) is 5.69 Å². The molecule has 3 rings (SSSR count). The van der Waals surface area contributed by atoms with Gasteiger partial charge in [0.2, 0.25) is 0 Å². The van der Waals surface area contributed by atoms with Crippen molar-refractivity contribution in [3.63, 3.8) is 0 Å². The van der Waals surface area contributed by atoms with E-state index in [-0.39, 0.29) is 4.90 Å². The summed E-state index contributed by atoms with van der Waals surface area (Å²) in [5, 5.41) is 0.811. The number of anilines is 1. The van der Waals surface area contributed by atoms with Crippen LogP contribution in [0.2, 0.25) is 0 Å². The van der Waals surface area contributed by atoms with Gasteiger partial charge in [-0.2, -0.15) is 0 Å². The fourth-order valence-electron chi connectivity index (χ4n) is 2.36. The van der Waals surface area contributed by atoms with Crippen LogP contribution in [0.25, 0.3) is 10.9 Å². The van der Waals surface area contributed by atoms with Gasteiger partial charge >= 0.3 is 0 Å². The summed E-state index contributed by atoms with van der Waals surface area (Å²) in [6.07, 6.45) is 3.63. The molecule has 0 fully saturated rings. The number of sulfonamides is 1. The van der Waals surface area contributed by atoms with Gasteiger partial charge in [-0.05, 0) is 49.1 Å². The number of thioether (sulfide) groups is 1. The molecule has 0 unspecified atom stereocenters. The first-order chi connectivity index (χ1) is 11.0. The second-order valence-corrected chi connectivity index (χ2v) is 7.71. The zero-order chi connectivity index (χ0) is 16.4. The van der Waals surface area contributed by atoms with Crippen molar-refractivity contribution in [2.45, 2.75) is 16.7 Å². The molecule has 0 atom stereocenters. The van der Waals surface area contributed by atoms with Gasteiger partial charge in [0.05, 0.1) is 5.52 Å². The molecule has 0 radical (unpaired) electrons. The van der Waals surface area contributed by atoms with Crippen LogP contribution in [0.1, 0.15) is 5.56 Å². The van der Waals surface area contributed by atoms with Crippen molar-refractivity contribution in [3.8, 4) is 0 Å². The van der Waals surface area contributed by atoms with E-state index in [1.165, 1.54) is 0 Å². The summed E-state index contributed by atoms with van der Waals surface area (Å²) in [5.41, 5.74) is 2.01. The van der Waals surface area contributed by atoms with Crippen LogP contribution < -0.4 is 4.72 Å². The van der Waals surface area contributed by atoms with Crippen LogP contribution in [0.5, 0.6) is 0 Å². The van der Waals surface area contributed by atoms with Crippen LogP contribution in [0.15, 0.2) is 64.5 Å². The van der Waals surface area contributed by atoms with Crippen molar-refractivity contribution < 1.29 is 8.42 Å². The van der Waals surface area contributed by atoms with E-state index in [1.807, 2.05) is 43.5 Å². The third kappa shape index (κ3) is 3.33. The summed E-state index contributed by atoms with van der Waals surface area (Å²) >= 11 is 1.56. The average molecular weight is 344 g/mol.